The van der Waals surface area contributed by atoms with Gasteiger partial charge in [-0.3, -0.25) is 9.59 Å². The van der Waals surface area contributed by atoms with E-state index in [1.165, 1.54) is 56.5 Å². The van der Waals surface area contributed by atoms with E-state index in [4.69, 9.17) is 9.47 Å². The summed E-state index contributed by atoms with van der Waals surface area (Å²) < 4.78 is 18.0. The Morgan fingerprint density at radius 1 is 0.653 bits per heavy atom. The number of carbonyl (C=O) groups is 2. The molecule has 0 radical (unpaired) electrons. The average Bonchev–Trinajstić information content (AvgIpc) is 4.17. The summed E-state index contributed by atoms with van der Waals surface area (Å²) in [6, 6.07) is 17.4. The lowest BCUT2D eigenvalue weighted by Crippen LogP contribution is -2.26. The van der Waals surface area contributed by atoms with Crippen LogP contribution in [0.25, 0.3) is 5.57 Å². The molecule has 7 rings (SSSR count). The third-order valence-corrected chi connectivity index (χ3v) is 15.3. The molecule has 3 aromatic heterocycles. The summed E-state index contributed by atoms with van der Waals surface area (Å²) >= 11 is 2.74. The van der Waals surface area contributed by atoms with Gasteiger partial charge in [-0.1, -0.05) is 130 Å². The predicted molar refractivity (Wildman–Crippen MR) is 291 cm³/mol. The highest BCUT2D eigenvalue weighted by atomic mass is 32.2. The molecule has 13 nitrogen and oxygen atoms in total. The summed E-state index contributed by atoms with van der Waals surface area (Å²) in [6.07, 6.45) is 7.61. The zero-order chi connectivity index (χ0) is 52.3. The van der Waals surface area contributed by atoms with Crippen LogP contribution in [-0.2, 0) is 67.0 Å². The van der Waals surface area contributed by atoms with Gasteiger partial charge in [-0.05, 0) is 98.9 Å². The second-order valence-corrected chi connectivity index (χ2v) is 25.1. The van der Waals surface area contributed by atoms with Gasteiger partial charge in [0.25, 0.3) is 0 Å². The van der Waals surface area contributed by atoms with E-state index < -0.39 is 11.6 Å². The molecule has 0 bridgehead atoms. The van der Waals surface area contributed by atoms with Crippen molar-refractivity contribution in [2.75, 3.05) is 44.3 Å². The van der Waals surface area contributed by atoms with Crippen molar-refractivity contribution >= 4 is 50.3 Å². The summed E-state index contributed by atoms with van der Waals surface area (Å²) in [5.74, 6) is -1.68. The minimum atomic E-state index is -0.701. The van der Waals surface area contributed by atoms with Crippen LogP contribution in [0.15, 0.2) is 89.3 Å². The number of benzene rings is 2. The number of aliphatic hydroxyl groups excluding tert-OH is 1. The van der Waals surface area contributed by atoms with Crippen LogP contribution in [0.3, 0.4) is 0 Å². The molecule has 0 saturated carbocycles. The molecule has 1 aliphatic carbocycles. The summed E-state index contributed by atoms with van der Waals surface area (Å²) in [6.45, 7) is 36.4. The number of aliphatic hydroxyl groups is 1. The molecule has 2 aliphatic rings. The molecule has 384 valence electrons. The van der Waals surface area contributed by atoms with E-state index >= 15 is 0 Å². The van der Waals surface area contributed by atoms with Crippen LogP contribution in [0.2, 0.25) is 0 Å². The number of aromatic nitrogens is 6. The van der Waals surface area contributed by atoms with E-state index in [2.05, 4.69) is 163 Å². The molecule has 72 heavy (non-hydrogen) atoms. The van der Waals surface area contributed by atoms with Gasteiger partial charge in [0.2, 0.25) is 16.6 Å². The van der Waals surface area contributed by atoms with Crippen molar-refractivity contribution in [3.8, 4) is 0 Å². The molecule has 2 aromatic carbocycles. The highest BCUT2D eigenvalue weighted by molar-refractivity contribution is 8.18. The normalized spacial score (nSPS) is 16.5. The number of thioether (sulfide) groups is 1. The van der Waals surface area contributed by atoms with Crippen LogP contribution in [0.1, 0.15) is 147 Å². The number of hydrogen-bond acceptors (Lipinski definition) is 12. The molecule has 0 atom stereocenters. The Kier molecular flexibility index (Phi) is 16.5. The largest absolute Gasteiger partial charge is 0.506 e. The van der Waals surface area contributed by atoms with Crippen molar-refractivity contribution in [2.45, 2.75) is 145 Å². The first-order valence-corrected chi connectivity index (χ1v) is 26.8. The van der Waals surface area contributed by atoms with Gasteiger partial charge < -0.3 is 19.5 Å². The standard InChI is InChI=1S/C57H74N8O5S2/c1-15-62(21-23-69-35-43-33-64(60-58-43)31-37-25-39(54(3,4)5)29-40(26-37)55(6,7)8)47-19-17-45(71-47)49-51(66)50(53(68)52(49)67)46-18-20-48(72-46)63(16-2)22-24-70-36-44-34-65(61-59-44)32-38-27-41(56(9,10)11)30-42(28-38)57(12,13)14/h17-20,25-30,33-34H,15-16,21-24,31-32,35-36H2,1-14H3/p+1. The number of rotatable bonds is 18. The topological polar surface area (TPSA) is 140 Å². The fraction of sp³-hybridized carbons (Fsp3) is 0.491. The van der Waals surface area contributed by atoms with Crippen LogP contribution in [0.4, 0.5) is 5.00 Å². The molecule has 0 unspecified atom stereocenters. The number of ketones is 2. The number of hydrogen-bond donors (Lipinski definition) is 1. The molecule has 0 spiro atoms. The Morgan fingerprint density at radius 2 is 1.14 bits per heavy atom. The second-order valence-electron chi connectivity index (χ2n) is 22.9. The van der Waals surface area contributed by atoms with Crippen molar-refractivity contribution in [3.63, 3.8) is 0 Å². The minimum Gasteiger partial charge on any atom is -0.506 e. The fourth-order valence-electron chi connectivity index (χ4n) is 8.48. The van der Waals surface area contributed by atoms with Crippen LogP contribution in [0, 0.1) is 0 Å². The lowest BCUT2D eigenvalue weighted by atomic mass is 9.79. The van der Waals surface area contributed by atoms with Gasteiger partial charge >= 0.3 is 0 Å². The first-order chi connectivity index (χ1) is 33.8. The van der Waals surface area contributed by atoms with Crippen LogP contribution in [0.5, 0.6) is 0 Å². The van der Waals surface area contributed by atoms with E-state index in [9.17, 15) is 14.7 Å². The first-order valence-electron chi connectivity index (χ1n) is 25.2. The first kappa shape index (κ1) is 54.3. The highest BCUT2D eigenvalue weighted by Crippen LogP contribution is 2.42. The summed E-state index contributed by atoms with van der Waals surface area (Å²) in [5.41, 5.74) is 9.30. The fourth-order valence-corrected chi connectivity index (χ4v) is 10.8. The number of carbonyl (C=O) groups excluding carboxylic acids is 2. The molecule has 0 fully saturated rings. The SMILES string of the molecule is CCN(CCOCc1cn(Cc2cc(C(C)(C)C)cc(C(C)(C)C)c2)nn1)c1ccc(C2=C(O)C(=C3C=CC(=[N+](CC)CCOCc4cn(Cc5cc(C(C)(C)C)cc(C(C)(C)C)c5)nn4)S3)C(=O)C2=O)s1. The molecule has 4 heterocycles. The van der Waals surface area contributed by atoms with Crippen LogP contribution in [-0.4, -0.2) is 95.7 Å². The number of likely N-dealkylation sites (N-methyl/N-ethyl adjacent to an activating group) is 2. The molecule has 1 N–H and O–H groups in total. The molecule has 0 saturated heterocycles. The van der Waals surface area contributed by atoms with E-state index in [0.29, 0.717) is 75.5 Å². The number of allylic oxidation sites excluding steroid dienone is 3. The Balaban J connectivity index is 0.918. The third-order valence-electron chi connectivity index (χ3n) is 13.0. The van der Waals surface area contributed by atoms with Crippen LogP contribution < -0.4 is 4.90 Å². The Bertz CT molecular complexity index is 2860. The third kappa shape index (κ3) is 13.2. The van der Waals surface area contributed by atoms with E-state index in [1.807, 2.05) is 33.9 Å². The maximum atomic E-state index is 13.5. The molecule has 15 heteroatoms. The van der Waals surface area contributed by atoms with Gasteiger partial charge in [0.1, 0.15) is 30.3 Å². The van der Waals surface area contributed by atoms with Crippen molar-refractivity contribution < 1.29 is 28.7 Å². The average molecular weight is 1020 g/mol. The highest BCUT2D eigenvalue weighted by Gasteiger charge is 2.41. The smallest absolute Gasteiger partial charge is 0.239 e. The maximum absolute atomic E-state index is 13.5. The van der Waals surface area contributed by atoms with Crippen molar-refractivity contribution in [3.05, 3.63) is 139 Å². The Labute approximate surface area is 435 Å². The summed E-state index contributed by atoms with van der Waals surface area (Å²) in [4.78, 5) is 30.3. The van der Waals surface area contributed by atoms with Gasteiger partial charge in [0.15, 0.2) is 6.54 Å². The zero-order valence-electron chi connectivity index (χ0n) is 45.0. The van der Waals surface area contributed by atoms with E-state index in [-0.39, 0.29) is 38.6 Å². The maximum Gasteiger partial charge on any atom is 0.239 e. The van der Waals surface area contributed by atoms with Gasteiger partial charge in [-0.15, -0.1) is 21.5 Å². The van der Waals surface area contributed by atoms with Gasteiger partial charge in [0, 0.05) is 28.9 Å². The summed E-state index contributed by atoms with van der Waals surface area (Å²) in [7, 11) is 0. The van der Waals surface area contributed by atoms with Crippen molar-refractivity contribution in [1.82, 2.24) is 30.0 Å². The number of thiophene rings is 1. The van der Waals surface area contributed by atoms with E-state index in [1.54, 1.807) is 12.1 Å². The minimum absolute atomic E-state index is 0.0284. The number of anilines is 1. The number of Topliss-reactive ketones (excluding diaryl/α,β-unsaturated/α-hetero) is 2. The van der Waals surface area contributed by atoms with Gasteiger partial charge in [-0.2, -0.15) is 0 Å². The molecule has 0 amide bonds. The lowest BCUT2D eigenvalue weighted by molar-refractivity contribution is -0.524. The number of nitrogens with zero attached hydrogens (tertiary/aromatic N) is 8. The second kappa shape index (κ2) is 21.9. The summed E-state index contributed by atoms with van der Waals surface area (Å²) in [5, 5.41) is 30.9. The lowest BCUT2D eigenvalue weighted by Gasteiger charge is -2.26. The van der Waals surface area contributed by atoms with Crippen LogP contribution >= 0.6 is 23.1 Å². The predicted octanol–water partition coefficient (Wildman–Crippen LogP) is 10.9. The van der Waals surface area contributed by atoms with Crippen molar-refractivity contribution in [1.29, 1.82) is 0 Å². The molecular weight excluding hydrogens is 941 g/mol. The zero-order valence-corrected chi connectivity index (χ0v) is 46.6. The quantitative estimate of drug-likeness (QED) is 0.0388. The number of ether oxygens (including phenoxy) is 2. The Morgan fingerprint density at radius 3 is 1.61 bits per heavy atom. The Hall–Kier alpha value is -5.48. The monoisotopic (exact) mass is 1020 g/mol. The molecular formula is C57H75N8O5S2+. The van der Waals surface area contributed by atoms with E-state index in [0.717, 1.165) is 21.4 Å². The van der Waals surface area contributed by atoms with Crippen molar-refractivity contribution in [2.24, 2.45) is 0 Å². The van der Waals surface area contributed by atoms with Gasteiger partial charge in [0.05, 0.1) is 61.5 Å². The molecule has 1 aliphatic heterocycles. The molecule has 5 aromatic rings. The van der Waals surface area contributed by atoms with Gasteiger partial charge in [-0.25, -0.2) is 13.9 Å².